The van der Waals surface area contributed by atoms with Gasteiger partial charge in [0.15, 0.2) is 0 Å². The average Bonchev–Trinajstić information content (AvgIpc) is 3.60. The molecule has 0 fully saturated rings. The molecular weight excluding hydrogens is 649 g/mol. The highest BCUT2D eigenvalue weighted by molar-refractivity contribution is 6.09. The molecule has 0 radical (unpaired) electrons. The van der Waals surface area contributed by atoms with Gasteiger partial charge in [0.25, 0.3) is 0 Å². The Kier molecular flexibility index (Phi) is 10.1. The van der Waals surface area contributed by atoms with Crippen molar-refractivity contribution in [1.29, 1.82) is 0 Å². The van der Waals surface area contributed by atoms with E-state index in [9.17, 15) is 0 Å². The number of fused-ring (bicyclic) bond motifs is 3. The molecule has 0 aliphatic heterocycles. The number of para-hydroxylation sites is 1. The third-order valence-electron chi connectivity index (χ3n) is 11.3. The summed E-state index contributed by atoms with van der Waals surface area (Å²) in [4.78, 5) is 4.86. The van der Waals surface area contributed by atoms with Gasteiger partial charge in [-0.1, -0.05) is 91.7 Å². The Morgan fingerprint density at radius 3 is 2.38 bits per heavy atom. The first kappa shape index (κ1) is 36.7. The van der Waals surface area contributed by atoms with Crippen molar-refractivity contribution in [3.05, 3.63) is 119 Å². The maximum absolute atomic E-state index is 6.89. The van der Waals surface area contributed by atoms with Gasteiger partial charge in [0, 0.05) is 46.3 Å². The molecule has 5 nitrogen and oxygen atoms in total. The van der Waals surface area contributed by atoms with Crippen molar-refractivity contribution in [2.24, 2.45) is 17.8 Å². The normalized spacial score (nSPS) is 17.9. The fourth-order valence-corrected chi connectivity index (χ4v) is 8.80. The fourth-order valence-electron chi connectivity index (χ4n) is 8.80. The van der Waals surface area contributed by atoms with E-state index >= 15 is 0 Å². The van der Waals surface area contributed by atoms with E-state index in [1.54, 1.807) is 0 Å². The Labute approximate surface area is 317 Å². The SMILES string of the molecule is CCCc1ccnc(-n2c3ccccc3c3ccc(Oc4cc(-n5nc(C)c(C6C(C)=C[C@H](C)C[C@@H]6C)c5CCC(C)C)cc(C(C)(C)C)c4)cc32)c1. The minimum Gasteiger partial charge on any atom is -0.457 e. The predicted molar refractivity (Wildman–Crippen MR) is 222 cm³/mol. The van der Waals surface area contributed by atoms with Crippen LogP contribution in [-0.2, 0) is 18.3 Å². The van der Waals surface area contributed by atoms with E-state index in [1.165, 1.54) is 45.2 Å². The summed E-state index contributed by atoms with van der Waals surface area (Å²) in [6.45, 7) is 23.0. The monoisotopic (exact) mass is 706 g/mol. The van der Waals surface area contributed by atoms with Crippen molar-refractivity contribution in [1.82, 2.24) is 19.3 Å². The van der Waals surface area contributed by atoms with Crippen LogP contribution in [0.4, 0.5) is 0 Å². The number of nitrogens with zero attached hydrogens (tertiary/aromatic N) is 4. The van der Waals surface area contributed by atoms with E-state index in [-0.39, 0.29) is 5.41 Å². The fraction of sp³-hybridized carbons (Fsp3) is 0.417. The van der Waals surface area contributed by atoms with Gasteiger partial charge >= 0.3 is 0 Å². The largest absolute Gasteiger partial charge is 0.457 e. The molecule has 0 bridgehead atoms. The summed E-state index contributed by atoms with van der Waals surface area (Å²) < 4.78 is 11.4. The van der Waals surface area contributed by atoms with Crippen molar-refractivity contribution in [3.63, 3.8) is 0 Å². The Morgan fingerprint density at radius 2 is 1.64 bits per heavy atom. The number of pyridine rings is 1. The van der Waals surface area contributed by atoms with E-state index in [1.807, 2.05) is 6.20 Å². The highest BCUT2D eigenvalue weighted by Crippen LogP contribution is 2.44. The lowest BCUT2D eigenvalue weighted by Crippen LogP contribution is -2.21. The van der Waals surface area contributed by atoms with Crippen molar-refractivity contribution in [2.75, 3.05) is 0 Å². The molecule has 3 aromatic carbocycles. The first-order valence-electron chi connectivity index (χ1n) is 19.9. The van der Waals surface area contributed by atoms with E-state index < -0.39 is 0 Å². The molecule has 7 rings (SSSR count). The van der Waals surface area contributed by atoms with Crippen LogP contribution in [0.1, 0.15) is 116 Å². The van der Waals surface area contributed by atoms with Gasteiger partial charge in [-0.3, -0.25) is 4.57 Å². The van der Waals surface area contributed by atoms with Crippen LogP contribution in [0.25, 0.3) is 33.3 Å². The standard InChI is InChI=1S/C48H58N4O/c1-11-14-35-21-22-49-45(25-35)51-42-16-13-12-15-40(42)41-19-18-38(29-44(41)51)53-39-27-36(48(8,9)10)26-37(28-39)52-43(20-17-30(2)3)47(34(7)50-52)46-32(5)23-31(4)24-33(46)6/h12-13,15-16,18-19,21-23,25-31,33,46H,11,14,17,20,24H2,1-10H3/t31-,33-,46?/m0/s1. The summed E-state index contributed by atoms with van der Waals surface area (Å²) in [5, 5.41) is 7.74. The number of hydrogen-bond acceptors (Lipinski definition) is 3. The molecule has 53 heavy (non-hydrogen) atoms. The van der Waals surface area contributed by atoms with E-state index in [0.717, 1.165) is 65.4 Å². The van der Waals surface area contributed by atoms with Crippen LogP contribution in [0.3, 0.4) is 0 Å². The summed E-state index contributed by atoms with van der Waals surface area (Å²) in [6, 6.07) is 26.2. The molecule has 6 aromatic rings. The lowest BCUT2D eigenvalue weighted by atomic mass is 9.72. The maximum atomic E-state index is 6.89. The van der Waals surface area contributed by atoms with Crippen LogP contribution in [0.15, 0.2) is 90.6 Å². The minimum atomic E-state index is -0.0872. The zero-order valence-corrected chi connectivity index (χ0v) is 33.6. The Hall–Kier alpha value is -4.64. The number of benzene rings is 3. The molecule has 0 N–H and O–H groups in total. The van der Waals surface area contributed by atoms with E-state index in [2.05, 4.69) is 157 Å². The molecule has 0 spiro atoms. The molecule has 3 heterocycles. The van der Waals surface area contributed by atoms with Crippen LogP contribution in [0, 0.1) is 24.7 Å². The Morgan fingerprint density at radius 1 is 0.868 bits per heavy atom. The first-order chi connectivity index (χ1) is 25.3. The summed E-state index contributed by atoms with van der Waals surface area (Å²) in [5.74, 6) is 4.72. The predicted octanol–water partition coefficient (Wildman–Crippen LogP) is 13.0. The van der Waals surface area contributed by atoms with Gasteiger partial charge in [-0.25, -0.2) is 9.67 Å². The number of aromatic nitrogens is 4. The summed E-state index contributed by atoms with van der Waals surface area (Å²) in [6.07, 6.45) is 9.87. The van der Waals surface area contributed by atoms with Crippen LogP contribution in [-0.4, -0.2) is 19.3 Å². The zero-order chi connectivity index (χ0) is 37.6. The molecule has 5 heteroatoms. The second-order valence-corrected chi connectivity index (χ2v) is 17.2. The second-order valence-electron chi connectivity index (χ2n) is 17.2. The van der Waals surface area contributed by atoms with Crippen molar-refractivity contribution >= 4 is 21.8 Å². The maximum Gasteiger partial charge on any atom is 0.137 e. The summed E-state index contributed by atoms with van der Waals surface area (Å²) in [5.41, 5.74) is 11.1. The lowest BCUT2D eigenvalue weighted by Gasteiger charge is -2.33. The molecule has 1 unspecified atom stereocenters. The number of hydrogen-bond donors (Lipinski definition) is 0. The molecule has 0 amide bonds. The Balaban J connectivity index is 1.35. The van der Waals surface area contributed by atoms with Gasteiger partial charge in [0.05, 0.1) is 22.4 Å². The molecular formula is C48H58N4O. The van der Waals surface area contributed by atoms with Gasteiger partial charge in [-0.15, -0.1) is 0 Å². The van der Waals surface area contributed by atoms with Crippen molar-refractivity contribution in [3.8, 4) is 23.0 Å². The van der Waals surface area contributed by atoms with E-state index in [4.69, 9.17) is 14.8 Å². The second kappa shape index (κ2) is 14.6. The summed E-state index contributed by atoms with van der Waals surface area (Å²) >= 11 is 0. The average molecular weight is 707 g/mol. The Bertz CT molecular complexity index is 2290. The molecule has 3 atom stereocenters. The smallest absolute Gasteiger partial charge is 0.137 e. The van der Waals surface area contributed by atoms with Gasteiger partial charge in [-0.05, 0) is 116 Å². The van der Waals surface area contributed by atoms with Crippen molar-refractivity contribution < 1.29 is 4.74 Å². The van der Waals surface area contributed by atoms with Crippen molar-refractivity contribution in [2.45, 2.75) is 113 Å². The third kappa shape index (κ3) is 7.32. The number of aryl methyl sites for hydroxylation is 2. The number of ether oxygens (including phenoxy) is 1. The highest BCUT2D eigenvalue weighted by atomic mass is 16.5. The number of rotatable bonds is 10. The zero-order valence-electron chi connectivity index (χ0n) is 33.6. The molecule has 3 aromatic heterocycles. The first-order valence-corrected chi connectivity index (χ1v) is 19.9. The summed E-state index contributed by atoms with van der Waals surface area (Å²) in [7, 11) is 0. The highest BCUT2D eigenvalue weighted by Gasteiger charge is 2.33. The quantitative estimate of drug-likeness (QED) is 0.133. The molecule has 1 aliphatic rings. The van der Waals surface area contributed by atoms with Gasteiger partial charge in [-0.2, -0.15) is 5.10 Å². The molecule has 276 valence electrons. The van der Waals surface area contributed by atoms with Crippen LogP contribution >= 0.6 is 0 Å². The van der Waals surface area contributed by atoms with Crippen LogP contribution < -0.4 is 4.74 Å². The molecule has 1 aliphatic carbocycles. The third-order valence-corrected chi connectivity index (χ3v) is 11.3. The van der Waals surface area contributed by atoms with Gasteiger partial charge in [0.2, 0.25) is 0 Å². The molecule has 0 saturated heterocycles. The lowest BCUT2D eigenvalue weighted by molar-refractivity contribution is 0.389. The van der Waals surface area contributed by atoms with Gasteiger partial charge < -0.3 is 4.74 Å². The molecule has 0 saturated carbocycles. The topological polar surface area (TPSA) is 44.9 Å². The number of allylic oxidation sites excluding steroid dienone is 2. The minimum absolute atomic E-state index is 0.0872. The van der Waals surface area contributed by atoms with Crippen LogP contribution in [0.2, 0.25) is 0 Å². The van der Waals surface area contributed by atoms with Crippen LogP contribution in [0.5, 0.6) is 11.5 Å². The van der Waals surface area contributed by atoms with E-state index in [0.29, 0.717) is 23.7 Å². The van der Waals surface area contributed by atoms with Gasteiger partial charge in [0.1, 0.15) is 17.3 Å².